The van der Waals surface area contributed by atoms with Gasteiger partial charge in [0.05, 0.1) is 0 Å². The van der Waals surface area contributed by atoms with Crippen molar-refractivity contribution >= 4 is 11.6 Å². The van der Waals surface area contributed by atoms with Gasteiger partial charge in [0.15, 0.2) is 0 Å². The highest BCUT2D eigenvalue weighted by molar-refractivity contribution is 5.89. The van der Waals surface area contributed by atoms with E-state index in [-0.39, 0.29) is 5.91 Å². The lowest BCUT2D eigenvalue weighted by atomic mass is 10.2. The van der Waals surface area contributed by atoms with Crippen LogP contribution in [-0.4, -0.2) is 5.91 Å². The zero-order chi connectivity index (χ0) is 12.3. The molecular weight excluding hydrogens is 186 g/mol. The molecule has 0 spiro atoms. The average molecular weight is 209 g/mol. The van der Waals surface area contributed by atoms with Gasteiger partial charge in [-0.25, -0.2) is 0 Å². The fourth-order valence-corrected chi connectivity index (χ4v) is 0.903. The molecular formula is C13H23NO. The maximum atomic E-state index is 10.7. The molecule has 1 aromatic carbocycles. The third-order valence-electron chi connectivity index (χ3n) is 1.46. The molecule has 0 aromatic heterocycles. The van der Waals surface area contributed by atoms with E-state index in [9.17, 15) is 4.79 Å². The first-order valence-corrected chi connectivity index (χ1v) is 5.53. The highest BCUT2D eigenvalue weighted by Gasteiger charge is 1.96. The van der Waals surface area contributed by atoms with E-state index in [4.69, 9.17) is 0 Å². The van der Waals surface area contributed by atoms with Gasteiger partial charge in [0.1, 0.15) is 0 Å². The molecule has 2 heteroatoms. The fraction of sp³-hybridized carbons (Fsp3) is 0.462. The van der Waals surface area contributed by atoms with Crippen LogP contribution in [0.25, 0.3) is 0 Å². The number of benzene rings is 1. The van der Waals surface area contributed by atoms with Crippen LogP contribution in [0.2, 0.25) is 0 Å². The summed E-state index contributed by atoms with van der Waals surface area (Å²) < 4.78 is 0. The van der Waals surface area contributed by atoms with E-state index in [0.717, 1.165) is 11.3 Å². The topological polar surface area (TPSA) is 29.1 Å². The molecule has 0 saturated carbocycles. The van der Waals surface area contributed by atoms with Crippen molar-refractivity contribution < 1.29 is 4.79 Å². The summed E-state index contributed by atoms with van der Waals surface area (Å²) in [5.41, 5.74) is 1.97. The molecule has 1 aromatic rings. The number of aryl methyl sites for hydroxylation is 1. The summed E-state index contributed by atoms with van der Waals surface area (Å²) in [7, 11) is 0. The first-order chi connectivity index (χ1) is 7.20. The molecule has 0 aliphatic heterocycles. The minimum Gasteiger partial charge on any atom is -0.326 e. The lowest BCUT2D eigenvalue weighted by Gasteiger charge is -2.03. The van der Waals surface area contributed by atoms with Gasteiger partial charge < -0.3 is 5.32 Å². The number of amides is 1. The van der Waals surface area contributed by atoms with E-state index >= 15 is 0 Å². The number of rotatable bonds is 1. The van der Waals surface area contributed by atoms with Gasteiger partial charge in [-0.05, 0) is 18.6 Å². The van der Waals surface area contributed by atoms with Gasteiger partial charge >= 0.3 is 0 Å². The number of carbonyl (C=O) groups excluding carboxylic acids is 1. The van der Waals surface area contributed by atoms with Crippen LogP contribution < -0.4 is 5.32 Å². The second-order valence-corrected chi connectivity index (χ2v) is 2.50. The van der Waals surface area contributed by atoms with E-state index in [1.165, 1.54) is 6.92 Å². The van der Waals surface area contributed by atoms with Crippen molar-refractivity contribution in [1.29, 1.82) is 0 Å². The summed E-state index contributed by atoms with van der Waals surface area (Å²) in [4.78, 5) is 10.7. The molecule has 0 unspecified atom stereocenters. The number of para-hydroxylation sites is 1. The molecule has 15 heavy (non-hydrogen) atoms. The van der Waals surface area contributed by atoms with Crippen molar-refractivity contribution in [3.8, 4) is 0 Å². The molecule has 0 radical (unpaired) electrons. The lowest BCUT2D eigenvalue weighted by molar-refractivity contribution is -0.114. The Kier molecular flexibility index (Phi) is 11.6. The minimum atomic E-state index is -0.0284. The molecule has 1 N–H and O–H groups in total. The maximum Gasteiger partial charge on any atom is 0.221 e. The molecule has 1 amide bonds. The Labute approximate surface area is 93.7 Å². The van der Waals surface area contributed by atoms with Crippen LogP contribution in [0.1, 0.15) is 40.2 Å². The van der Waals surface area contributed by atoms with E-state index in [1.807, 2.05) is 58.9 Å². The van der Waals surface area contributed by atoms with Gasteiger partial charge in [0.2, 0.25) is 5.91 Å². The molecule has 0 fully saturated rings. The number of carbonyl (C=O) groups is 1. The molecule has 0 saturated heterocycles. The Morgan fingerprint density at radius 1 is 1.07 bits per heavy atom. The van der Waals surface area contributed by atoms with Crippen LogP contribution in [0, 0.1) is 6.92 Å². The fourth-order valence-electron chi connectivity index (χ4n) is 0.903. The Bertz CT molecular complexity index is 269. The van der Waals surface area contributed by atoms with Crippen LogP contribution in [0.15, 0.2) is 24.3 Å². The summed E-state index contributed by atoms with van der Waals surface area (Å²) in [5.74, 6) is -0.0284. The molecule has 0 bridgehead atoms. The van der Waals surface area contributed by atoms with Crippen LogP contribution in [0.4, 0.5) is 5.69 Å². The van der Waals surface area contributed by atoms with Crippen LogP contribution >= 0.6 is 0 Å². The van der Waals surface area contributed by atoms with Crippen LogP contribution in [-0.2, 0) is 4.79 Å². The largest absolute Gasteiger partial charge is 0.326 e. The van der Waals surface area contributed by atoms with E-state index in [1.54, 1.807) is 0 Å². The van der Waals surface area contributed by atoms with Gasteiger partial charge in [-0.2, -0.15) is 0 Å². The maximum absolute atomic E-state index is 10.7. The summed E-state index contributed by atoms with van der Waals surface area (Å²) in [5, 5.41) is 2.73. The monoisotopic (exact) mass is 209 g/mol. The normalized spacial score (nSPS) is 7.60. The molecule has 0 atom stereocenters. The summed E-state index contributed by atoms with van der Waals surface area (Å²) in [6, 6.07) is 7.70. The number of hydrogen-bond acceptors (Lipinski definition) is 1. The third kappa shape index (κ3) is 7.74. The Morgan fingerprint density at radius 3 is 1.93 bits per heavy atom. The molecule has 86 valence electrons. The summed E-state index contributed by atoms with van der Waals surface area (Å²) >= 11 is 0. The highest BCUT2D eigenvalue weighted by atomic mass is 16.1. The second kappa shape index (κ2) is 10.8. The number of anilines is 1. The summed E-state index contributed by atoms with van der Waals surface area (Å²) in [6.45, 7) is 11.5. The van der Waals surface area contributed by atoms with Gasteiger partial charge in [0, 0.05) is 12.6 Å². The van der Waals surface area contributed by atoms with Crippen molar-refractivity contribution in [1.82, 2.24) is 0 Å². The van der Waals surface area contributed by atoms with Gasteiger partial charge in [-0.1, -0.05) is 45.9 Å². The van der Waals surface area contributed by atoms with Crippen molar-refractivity contribution in [2.24, 2.45) is 0 Å². The average Bonchev–Trinajstić information content (AvgIpc) is 2.27. The summed E-state index contributed by atoms with van der Waals surface area (Å²) in [6.07, 6.45) is 0. The SMILES string of the molecule is CC.CC.CC(=O)Nc1ccccc1C. The van der Waals surface area contributed by atoms with Gasteiger partial charge in [-0.15, -0.1) is 0 Å². The number of hydrogen-bond donors (Lipinski definition) is 1. The quantitative estimate of drug-likeness (QED) is 0.744. The van der Waals surface area contributed by atoms with E-state index in [0.29, 0.717) is 0 Å². The lowest BCUT2D eigenvalue weighted by Crippen LogP contribution is -2.06. The minimum absolute atomic E-state index is 0.0284. The standard InChI is InChI=1S/C9H11NO.2C2H6/c1-7-5-3-4-6-9(7)10-8(2)11;2*1-2/h3-6H,1-2H3,(H,10,11);2*1-2H3. The Morgan fingerprint density at radius 2 is 1.53 bits per heavy atom. The predicted molar refractivity (Wildman–Crippen MR) is 68.2 cm³/mol. The van der Waals surface area contributed by atoms with Crippen LogP contribution in [0.5, 0.6) is 0 Å². The molecule has 1 rings (SSSR count). The van der Waals surface area contributed by atoms with E-state index in [2.05, 4.69) is 5.32 Å². The highest BCUT2D eigenvalue weighted by Crippen LogP contribution is 2.12. The zero-order valence-corrected chi connectivity index (χ0v) is 10.7. The molecule has 0 aliphatic carbocycles. The predicted octanol–water partition coefficient (Wildman–Crippen LogP) is 4.01. The van der Waals surface area contributed by atoms with Crippen LogP contribution in [0.3, 0.4) is 0 Å². The molecule has 0 heterocycles. The van der Waals surface area contributed by atoms with Crippen molar-refractivity contribution in [2.45, 2.75) is 41.5 Å². The Balaban J connectivity index is 0. The second-order valence-electron chi connectivity index (χ2n) is 2.50. The zero-order valence-electron chi connectivity index (χ0n) is 10.7. The molecule has 2 nitrogen and oxygen atoms in total. The Hall–Kier alpha value is -1.31. The van der Waals surface area contributed by atoms with Crippen molar-refractivity contribution in [3.63, 3.8) is 0 Å². The van der Waals surface area contributed by atoms with Crippen molar-refractivity contribution in [2.75, 3.05) is 5.32 Å². The van der Waals surface area contributed by atoms with E-state index < -0.39 is 0 Å². The van der Waals surface area contributed by atoms with Gasteiger partial charge in [0.25, 0.3) is 0 Å². The number of nitrogens with one attached hydrogen (secondary N) is 1. The smallest absolute Gasteiger partial charge is 0.221 e. The molecule has 0 aliphatic rings. The van der Waals surface area contributed by atoms with Gasteiger partial charge in [-0.3, -0.25) is 4.79 Å². The first kappa shape index (κ1) is 16.1. The third-order valence-corrected chi connectivity index (χ3v) is 1.46. The first-order valence-electron chi connectivity index (χ1n) is 5.53. The van der Waals surface area contributed by atoms with Crippen molar-refractivity contribution in [3.05, 3.63) is 29.8 Å².